The minimum Gasteiger partial charge on any atom is -0.0991 e. The van der Waals surface area contributed by atoms with E-state index in [-0.39, 0.29) is 0 Å². The third-order valence-electron chi connectivity index (χ3n) is 2.69. The molecule has 0 unspecified atom stereocenters. The maximum Gasteiger partial charge on any atom is -0.0224 e. The highest BCUT2D eigenvalue weighted by molar-refractivity contribution is 5.37. The van der Waals surface area contributed by atoms with Gasteiger partial charge >= 0.3 is 0 Å². The Bertz CT molecular complexity index is 359. The van der Waals surface area contributed by atoms with Crippen molar-refractivity contribution in [3.63, 3.8) is 0 Å². The van der Waals surface area contributed by atoms with Crippen molar-refractivity contribution in [2.45, 2.75) is 33.6 Å². The molecule has 86 valence electrons. The van der Waals surface area contributed by atoms with Crippen LogP contribution in [-0.4, -0.2) is 0 Å². The van der Waals surface area contributed by atoms with Gasteiger partial charge in [0.1, 0.15) is 0 Å². The molecule has 0 bridgehead atoms. The molecule has 0 amide bonds. The number of hydrogen-bond acceptors (Lipinski definition) is 0. The van der Waals surface area contributed by atoms with Crippen molar-refractivity contribution in [2.24, 2.45) is 5.41 Å². The summed E-state index contributed by atoms with van der Waals surface area (Å²) in [7, 11) is 0. The lowest BCUT2D eigenvalue weighted by Crippen LogP contribution is -2.16. The zero-order chi connectivity index (χ0) is 12.0. The van der Waals surface area contributed by atoms with E-state index < -0.39 is 0 Å². The Morgan fingerprint density at radius 1 is 1.25 bits per heavy atom. The van der Waals surface area contributed by atoms with E-state index in [1.54, 1.807) is 0 Å². The van der Waals surface area contributed by atoms with Gasteiger partial charge in [0.25, 0.3) is 0 Å². The standard InChI is InChI=1S/C16H22/c1-5-7-9-14-11-15(10-8-6-2)13-16(3,4)12-14/h5-11H,1,12-13H2,2-4H3/b8-6?,9-7?,15-10-. The first kappa shape index (κ1) is 12.8. The average Bonchev–Trinajstić information content (AvgIpc) is 2.21. The van der Waals surface area contributed by atoms with Gasteiger partial charge in [0.15, 0.2) is 0 Å². The van der Waals surface area contributed by atoms with Crippen molar-refractivity contribution in [1.29, 1.82) is 0 Å². The maximum atomic E-state index is 3.71. The van der Waals surface area contributed by atoms with Gasteiger partial charge in [-0.05, 0) is 36.3 Å². The van der Waals surface area contributed by atoms with E-state index >= 15 is 0 Å². The summed E-state index contributed by atoms with van der Waals surface area (Å²) in [6.07, 6.45) is 17.0. The minimum atomic E-state index is 0.364. The summed E-state index contributed by atoms with van der Waals surface area (Å²) in [6.45, 7) is 10.4. The molecule has 1 aliphatic carbocycles. The highest BCUT2D eigenvalue weighted by Gasteiger charge is 2.23. The molecule has 0 N–H and O–H groups in total. The molecule has 0 radical (unpaired) electrons. The average molecular weight is 214 g/mol. The maximum absolute atomic E-state index is 3.71. The van der Waals surface area contributed by atoms with Crippen LogP contribution in [-0.2, 0) is 0 Å². The third-order valence-corrected chi connectivity index (χ3v) is 2.69. The van der Waals surface area contributed by atoms with Gasteiger partial charge in [-0.2, -0.15) is 0 Å². The van der Waals surface area contributed by atoms with Crippen LogP contribution in [0, 0.1) is 5.41 Å². The van der Waals surface area contributed by atoms with Gasteiger partial charge in [-0.3, -0.25) is 0 Å². The molecule has 0 heterocycles. The smallest absolute Gasteiger partial charge is 0.0224 e. The third kappa shape index (κ3) is 4.06. The largest absolute Gasteiger partial charge is 0.0991 e. The molecule has 1 aliphatic rings. The minimum absolute atomic E-state index is 0.364. The van der Waals surface area contributed by atoms with Crippen molar-refractivity contribution in [3.8, 4) is 0 Å². The zero-order valence-electron chi connectivity index (χ0n) is 10.7. The summed E-state index contributed by atoms with van der Waals surface area (Å²) >= 11 is 0. The van der Waals surface area contributed by atoms with E-state index in [1.807, 2.05) is 19.1 Å². The van der Waals surface area contributed by atoms with Crippen LogP contribution in [0.25, 0.3) is 0 Å². The van der Waals surface area contributed by atoms with Gasteiger partial charge < -0.3 is 0 Å². The molecule has 0 aliphatic heterocycles. The fourth-order valence-electron chi connectivity index (χ4n) is 2.13. The van der Waals surface area contributed by atoms with Gasteiger partial charge in [0, 0.05) is 0 Å². The molecule has 0 atom stereocenters. The molecule has 0 heteroatoms. The van der Waals surface area contributed by atoms with Crippen LogP contribution in [0.2, 0.25) is 0 Å². The van der Waals surface area contributed by atoms with Crippen LogP contribution in [0.1, 0.15) is 33.6 Å². The lowest BCUT2D eigenvalue weighted by molar-refractivity contribution is 0.355. The second-order valence-electron chi connectivity index (χ2n) is 5.10. The Morgan fingerprint density at radius 2 is 2.00 bits per heavy atom. The Hall–Kier alpha value is -1.30. The molecule has 0 spiro atoms. The second kappa shape index (κ2) is 5.69. The highest BCUT2D eigenvalue weighted by Crippen LogP contribution is 2.38. The fourth-order valence-corrected chi connectivity index (χ4v) is 2.13. The van der Waals surface area contributed by atoms with Crippen molar-refractivity contribution < 1.29 is 0 Å². The van der Waals surface area contributed by atoms with Gasteiger partial charge in [0.2, 0.25) is 0 Å². The molecular weight excluding hydrogens is 192 g/mol. The fraction of sp³-hybridized carbons (Fsp3) is 0.375. The normalized spacial score (nSPS) is 22.9. The summed E-state index contributed by atoms with van der Waals surface area (Å²) in [5, 5.41) is 0. The van der Waals surface area contributed by atoms with E-state index in [0.717, 1.165) is 12.8 Å². The van der Waals surface area contributed by atoms with Crippen molar-refractivity contribution in [1.82, 2.24) is 0 Å². The van der Waals surface area contributed by atoms with Gasteiger partial charge in [-0.15, -0.1) is 0 Å². The Kier molecular flexibility index (Phi) is 4.54. The van der Waals surface area contributed by atoms with E-state index in [2.05, 4.69) is 50.8 Å². The van der Waals surface area contributed by atoms with E-state index in [4.69, 9.17) is 0 Å². The summed E-state index contributed by atoms with van der Waals surface area (Å²) in [5.74, 6) is 0. The number of allylic oxidation sites excluding steroid dienone is 9. The van der Waals surface area contributed by atoms with Gasteiger partial charge in [-0.1, -0.05) is 63.0 Å². The lowest BCUT2D eigenvalue weighted by Gasteiger charge is -2.30. The molecular formula is C16H22. The molecule has 16 heavy (non-hydrogen) atoms. The quantitative estimate of drug-likeness (QED) is 0.581. The van der Waals surface area contributed by atoms with E-state index in [0.29, 0.717) is 5.41 Å². The van der Waals surface area contributed by atoms with Gasteiger partial charge in [-0.25, -0.2) is 0 Å². The van der Waals surface area contributed by atoms with Crippen molar-refractivity contribution in [3.05, 3.63) is 60.3 Å². The van der Waals surface area contributed by atoms with E-state index in [1.165, 1.54) is 11.1 Å². The van der Waals surface area contributed by atoms with Crippen LogP contribution >= 0.6 is 0 Å². The van der Waals surface area contributed by atoms with Crippen molar-refractivity contribution >= 4 is 0 Å². The lowest BCUT2D eigenvalue weighted by atomic mass is 9.75. The molecule has 0 aromatic rings. The Balaban J connectivity index is 2.95. The Labute approximate surface area is 99.8 Å². The molecule has 0 aromatic carbocycles. The topological polar surface area (TPSA) is 0 Å². The van der Waals surface area contributed by atoms with Crippen LogP contribution < -0.4 is 0 Å². The van der Waals surface area contributed by atoms with Crippen LogP contribution in [0.3, 0.4) is 0 Å². The summed E-state index contributed by atoms with van der Waals surface area (Å²) in [5.41, 5.74) is 3.17. The first-order valence-electron chi connectivity index (χ1n) is 5.89. The van der Waals surface area contributed by atoms with Crippen LogP contribution in [0.15, 0.2) is 60.3 Å². The van der Waals surface area contributed by atoms with Crippen LogP contribution in [0.5, 0.6) is 0 Å². The van der Waals surface area contributed by atoms with Crippen molar-refractivity contribution in [2.75, 3.05) is 0 Å². The first-order chi connectivity index (χ1) is 7.57. The Morgan fingerprint density at radius 3 is 2.62 bits per heavy atom. The summed E-state index contributed by atoms with van der Waals surface area (Å²) in [4.78, 5) is 0. The molecule has 0 saturated heterocycles. The first-order valence-corrected chi connectivity index (χ1v) is 5.89. The molecule has 1 rings (SSSR count). The van der Waals surface area contributed by atoms with E-state index in [9.17, 15) is 0 Å². The second-order valence-corrected chi connectivity index (χ2v) is 5.10. The number of hydrogen-bond donors (Lipinski definition) is 0. The molecule has 0 aromatic heterocycles. The summed E-state index contributed by atoms with van der Waals surface area (Å²) in [6, 6.07) is 0. The van der Waals surface area contributed by atoms with Gasteiger partial charge in [0.05, 0.1) is 0 Å². The molecule has 0 fully saturated rings. The SMILES string of the molecule is C=CC=CC1=C/C(=C/C=CC)CC(C)(C)C1. The summed E-state index contributed by atoms with van der Waals surface area (Å²) < 4.78 is 0. The zero-order valence-corrected chi connectivity index (χ0v) is 10.7. The molecule has 0 nitrogen and oxygen atoms in total. The predicted molar refractivity (Wildman–Crippen MR) is 73.3 cm³/mol. The predicted octanol–water partition coefficient (Wildman–Crippen LogP) is 4.98. The highest BCUT2D eigenvalue weighted by atomic mass is 14.3. The number of rotatable bonds is 3. The monoisotopic (exact) mass is 214 g/mol. The molecule has 0 saturated carbocycles. The van der Waals surface area contributed by atoms with Crippen LogP contribution in [0.4, 0.5) is 0 Å².